The van der Waals surface area contributed by atoms with Crippen molar-refractivity contribution >= 4 is 5.97 Å². The molecule has 0 saturated carbocycles. The summed E-state index contributed by atoms with van der Waals surface area (Å²) in [6.07, 6.45) is 6.36. The highest BCUT2D eigenvalue weighted by atomic mass is 16.7. The van der Waals surface area contributed by atoms with E-state index in [0.717, 1.165) is 18.4 Å². The van der Waals surface area contributed by atoms with Crippen molar-refractivity contribution in [2.75, 3.05) is 0 Å². The number of nitrogens with zero attached hydrogens (tertiary/aromatic N) is 2. The fourth-order valence-corrected chi connectivity index (χ4v) is 3.15. The molecule has 2 heterocycles. The van der Waals surface area contributed by atoms with E-state index in [4.69, 9.17) is 9.94 Å². The average Bonchev–Trinajstić information content (AvgIpc) is 2.37. The Hall–Kier alpha value is -1.46. The third kappa shape index (κ3) is 3.60. The SMILES string of the molecule is CC1(C)CCCC(C)(C)N1OCc1cncc(C(=O)O)c1. The number of carbonyl (C=O) groups is 1. The molecule has 5 heteroatoms. The number of hydroxylamine groups is 2. The molecule has 1 saturated heterocycles. The summed E-state index contributed by atoms with van der Waals surface area (Å²) < 4.78 is 0. The van der Waals surface area contributed by atoms with Crippen LogP contribution < -0.4 is 0 Å². The molecule has 0 spiro atoms. The second kappa shape index (κ2) is 5.73. The number of aromatic nitrogens is 1. The van der Waals surface area contributed by atoms with Gasteiger partial charge in [0, 0.05) is 23.5 Å². The van der Waals surface area contributed by atoms with Crippen LogP contribution in [0.3, 0.4) is 0 Å². The first-order chi connectivity index (χ1) is 9.72. The normalized spacial score (nSPS) is 21.1. The Bertz CT molecular complexity index is 510. The summed E-state index contributed by atoms with van der Waals surface area (Å²) in [4.78, 5) is 21.0. The van der Waals surface area contributed by atoms with E-state index in [1.54, 1.807) is 12.3 Å². The van der Waals surface area contributed by atoms with Crippen molar-refractivity contribution in [3.8, 4) is 0 Å². The first kappa shape index (κ1) is 15.9. The summed E-state index contributed by atoms with van der Waals surface area (Å²) in [6, 6.07) is 1.61. The highest BCUT2D eigenvalue weighted by Gasteiger charge is 2.42. The van der Waals surface area contributed by atoms with Gasteiger partial charge in [-0.05, 0) is 58.6 Å². The molecule has 0 unspecified atom stereocenters. The van der Waals surface area contributed by atoms with Gasteiger partial charge in [-0.15, -0.1) is 0 Å². The Morgan fingerprint density at radius 2 is 1.90 bits per heavy atom. The third-order valence-electron chi connectivity index (χ3n) is 4.08. The Labute approximate surface area is 125 Å². The molecule has 1 aliphatic heterocycles. The molecular weight excluding hydrogens is 268 g/mol. The number of hydrogen-bond donors (Lipinski definition) is 1. The molecule has 5 nitrogen and oxygen atoms in total. The lowest BCUT2D eigenvalue weighted by Gasteiger charge is -2.51. The maximum atomic E-state index is 11.0. The average molecular weight is 292 g/mol. The van der Waals surface area contributed by atoms with Crippen LogP contribution in [0, 0.1) is 0 Å². The molecule has 2 rings (SSSR count). The smallest absolute Gasteiger partial charge is 0.337 e. The number of hydrogen-bond acceptors (Lipinski definition) is 4. The first-order valence-corrected chi connectivity index (χ1v) is 7.33. The largest absolute Gasteiger partial charge is 0.478 e. The molecule has 0 atom stereocenters. The zero-order valence-electron chi connectivity index (χ0n) is 13.2. The van der Waals surface area contributed by atoms with E-state index in [1.807, 2.05) is 0 Å². The molecule has 0 amide bonds. The quantitative estimate of drug-likeness (QED) is 0.923. The molecule has 1 fully saturated rings. The van der Waals surface area contributed by atoms with Gasteiger partial charge in [-0.25, -0.2) is 4.79 Å². The predicted molar refractivity (Wildman–Crippen MR) is 79.8 cm³/mol. The van der Waals surface area contributed by atoms with Crippen molar-refractivity contribution < 1.29 is 14.7 Å². The van der Waals surface area contributed by atoms with E-state index >= 15 is 0 Å². The summed E-state index contributed by atoms with van der Waals surface area (Å²) in [5.74, 6) is -0.969. The fourth-order valence-electron chi connectivity index (χ4n) is 3.15. The van der Waals surface area contributed by atoms with E-state index in [1.165, 1.54) is 12.6 Å². The van der Waals surface area contributed by atoms with Gasteiger partial charge in [-0.1, -0.05) is 0 Å². The molecular formula is C16H24N2O3. The second-order valence-corrected chi connectivity index (χ2v) is 6.93. The summed E-state index contributed by atoms with van der Waals surface area (Å²) in [5.41, 5.74) is 0.902. The van der Waals surface area contributed by atoms with Crippen molar-refractivity contribution in [1.29, 1.82) is 0 Å². The number of rotatable bonds is 4. The molecule has 1 aliphatic rings. The van der Waals surface area contributed by atoms with Gasteiger partial charge in [0.2, 0.25) is 0 Å². The van der Waals surface area contributed by atoms with Gasteiger partial charge in [0.1, 0.15) is 0 Å². The lowest BCUT2D eigenvalue weighted by molar-refractivity contribution is -0.288. The van der Waals surface area contributed by atoms with Crippen LogP contribution in [0.15, 0.2) is 18.5 Å². The van der Waals surface area contributed by atoms with Gasteiger partial charge in [0.25, 0.3) is 0 Å². The second-order valence-electron chi connectivity index (χ2n) is 6.93. The van der Waals surface area contributed by atoms with Crippen molar-refractivity contribution in [2.24, 2.45) is 0 Å². The van der Waals surface area contributed by atoms with Crippen molar-refractivity contribution in [2.45, 2.75) is 64.6 Å². The van der Waals surface area contributed by atoms with Crippen molar-refractivity contribution in [1.82, 2.24) is 10.0 Å². The zero-order chi connectivity index (χ0) is 15.7. The van der Waals surface area contributed by atoms with Crippen molar-refractivity contribution in [3.05, 3.63) is 29.6 Å². The molecule has 0 bridgehead atoms. The van der Waals surface area contributed by atoms with E-state index in [9.17, 15) is 4.79 Å². The topological polar surface area (TPSA) is 62.7 Å². The van der Waals surface area contributed by atoms with Gasteiger partial charge in [-0.3, -0.25) is 9.82 Å². The van der Waals surface area contributed by atoms with E-state index in [-0.39, 0.29) is 16.6 Å². The Morgan fingerprint density at radius 3 is 2.48 bits per heavy atom. The standard InChI is InChI=1S/C16H24N2O3/c1-15(2)6-5-7-16(3,4)18(15)21-11-12-8-13(14(19)20)10-17-9-12/h8-10H,5-7,11H2,1-4H3,(H,19,20). The lowest BCUT2D eigenvalue weighted by Crippen LogP contribution is -2.58. The van der Waals surface area contributed by atoms with Gasteiger partial charge in [-0.2, -0.15) is 5.06 Å². The Kier molecular flexibility index (Phi) is 4.35. The molecule has 1 aromatic rings. The fraction of sp³-hybridized carbons (Fsp3) is 0.625. The molecule has 0 aromatic carbocycles. The predicted octanol–water partition coefficient (Wildman–Crippen LogP) is 3.25. The van der Waals surface area contributed by atoms with Crippen LogP contribution in [0.1, 0.15) is 62.9 Å². The molecule has 21 heavy (non-hydrogen) atoms. The van der Waals surface area contributed by atoms with Gasteiger partial charge in [0.15, 0.2) is 0 Å². The highest BCUT2D eigenvalue weighted by molar-refractivity contribution is 5.87. The van der Waals surface area contributed by atoms with Gasteiger partial charge < -0.3 is 5.11 Å². The minimum Gasteiger partial charge on any atom is -0.478 e. The monoisotopic (exact) mass is 292 g/mol. The molecule has 116 valence electrons. The number of piperidine rings is 1. The molecule has 1 aromatic heterocycles. The van der Waals surface area contributed by atoms with Crippen LogP contribution >= 0.6 is 0 Å². The van der Waals surface area contributed by atoms with Crippen LogP contribution in [-0.2, 0) is 11.4 Å². The van der Waals surface area contributed by atoms with Crippen LogP contribution in [0.5, 0.6) is 0 Å². The number of carboxylic acid groups (broad SMARTS) is 1. The van der Waals surface area contributed by atoms with Crippen molar-refractivity contribution in [3.63, 3.8) is 0 Å². The van der Waals surface area contributed by atoms with E-state index in [2.05, 4.69) is 37.7 Å². The Balaban J connectivity index is 2.10. The summed E-state index contributed by atoms with van der Waals surface area (Å²) in [6.45, 7) is 9.06. The van der Waals surface area contributed by atoms with E-state index in [0.29, 0.717) is 6.61 Å². The molecule has 0 aliphatic carbocycles. The Morgan fingerprint density at radius 1 is 1.29 bits per heavy atom. The molecule has 0 radical (unpaired) electrons. The number of aromatic carboxylic acids is 1. The number of carboxylic acids is 1. The maximum Gasteiger partial charge on any atom is 0.337 e. The summed E-state index contributed by atoms with van der Waals surface area (Å²) >= 11 is 0. The third-order valence-corrected chi connectivity index (χ3v) is 4.08. The van der Waals surface area contributed by atoms with Gasteiger partial charge in [0.05, 0.1) is 12.2 Å². The summed E-state index contributed by atoms with van der Waals surface area (Å²) in [7, 11) is 0. The minimum atomic E-state index is -0.969. The first-order valence-electron chi connectivity index (χ1n) is 7.33. The van der Waals surface area contributed by atoms with Gasteiger partial charge >= 0.3 is 5.97 Å². The highest BCUT2D eigenvalue weighted by Crippen LogP contribution is 2.38. The zero-order valence-corrected chi connectivity index (χ0v) is 13.2. The van der Waals surface area contributed by atoms with E-state index < -0.39 is 5.97 Å². The van der Waals surface area contributed by atoms with Crippen LogP contribution in [0.25, 0.3) is 0 Å². The minimum absolute atomic E-state index is 0.0282. The summed E-state index contributed by atoms with van der Waals surface area (Å²) in [5, 5.41) is 11.1. The van der Waals surface area contributed by atoms with Crippen LogP contribution in [-0.4, -0.2) is 32.2 Å². The molecule has 1 N–H and O–H groups in total. The van der Waals surface area contributed by atoms with Crippen LogP contribution in [0.4, 0.5) is 0 Å². The lowest BCUT2D eigenvalue weighted by atomic mass is 9.82. The van der Waals surface area contributed by atoms with Crippen LogP contribution in [0.2, 0.25) is 0 Å². The number of pyridine rings is 1. The maximum absolute atomic E-state index is 11.0.